The van der Waals surface area contributed by atoms with Crippen molar-refractivity contribution in [3.8, 4) is 0 Å². The molecule has 3 rings (SSSR count). The molecule has 0 fully saturated rings. The molecule has 2 atom stereocenters. The lowest BCUT2D eigenvalue weighted by Crippen LogP contribution is -2.34. The second-order valence-corrected chi connectivity index (χ2v) is 7.00. The summed E-state index contributed by atoms with van der Waals surface area (Å²) in [5, 5.41) is 16.4. The van der Waals surface area contributed by atoms with Crippen molar-refractivity contribution in [2.75, 3.05) is 10.6 Å². The van der Waals surface area contributed by atoms with Crippen molar-refractivity contribution in [1.29, 1.82) is 0 Å². The third kappa shape index (κ3) is 4.22. The van der Waals surface area contributed by atoms with Crippen LogP contribution in [0.5, 0.6) is 0 Å². The number of benzene rings is 1. The predicted molar refractivity (Wildman–Crippen MR) is 100 cm³/mol. The third-order valence-electron chi connectivity index (χ3n) is 4.36. The number of carboxylic acids is 1. The molecule has 1 aliphatic carbocycles. The highest BCUT2D eigenvalue weighted by molar-refractivity contribution is 7.14. The van der Waals surface area contributed by atoms with Crippen LogP contribution in [-0.2, 0) is 9.59 Å². The van der Waals surface area contributed by atoms with Gasteiger partial charge in [-0.15, -0.1) is 11.3 Å². The number of anilines is 2. The van der Waals surface area contributed by atoms with Gasteiger partial charge >= 0.3 is 5.97 Å². The number of carboxylic acid groups (broad SMARTS) is 1. The average Bonchev–Trinajstić information content (AvgIpc) is 3.11. The normalized spacial score (nSPS) is 18.7. The van der Waals surface area contributed by atoms with Crippen LogP contribution in [0.25, 0.3) is 0 Å². The van der Waals surface area contributed by atoms with E-state index >= 15 is 0 Å². The highest BCUT2D eigenvalue weighted by atomic mass is 32.1. The first kappa shape index (κ1) is 18.8. The lowest BCUT2D eigenvalue weighted by atomic mass is 9.82. The summed E-state index contributed by atoms with van der Waals surface area (Å²) in [5.74, 6) is -4.11. The van der Waals surface area contributed by atoms with E-state index in [1.807, 2.05) is 0 Å². The average molecular weight is 388 g/mol. The fourth-order valence-electron chi connectivity index (χ4n) is 2.92. The van der Waals surface area contributed by atoms with Crippen molar-refractivity contribution in [1.82, 2.24) is 0 Å². The van der Waals surface area contributed by atoms with Gasteiger partial charge in [-0.05, 0) is 36.4 Å². The number of allylic oxidation sites excluding steroid dienone is 2. The molecule has 3 N–H and O–H groups in total. The molecule has 0 radical (unpaired) electrons. The van der Waals surface area contributed by atoms with Crippen LogP contribution >= 0.6 is 11.3 Å². The molecule has 0 spiro atoms. The van der Waals surface area contributed by atoms with Crippen LogP contribution in [0.15, 0.2) is 47.9 Å². The summed E-state index contributed by atoms with van der Waals surface area (Å²) < 4.78 is 13.7. The van der Waals surface area contributed by atoms with Crippen LogP contribution in [-0.4, -0.2) is 22.9 Å². The Balaban J connectivity index is 1.74. The highest BCUT2D eigenvalue weighted by Crippen LogP contribution is 2.30. The highest BCUT2D eigenvalue weighted by Gasteiger charge is 2.34. The number of nitrogens with one attached hydrogen (secondary N) is 2. The molecule has 27 heavy (non-hydrogen) atoms. The standard InChI is InChI=1S/C19H17FN2O4S/c20-14-7-3-4-8-15(14)21-17(24)13-9-10-27-18(13)22-16(23)11-5-1-2-6-12(11)19(25)26/h1-4,7-12H,5-6H2,(H,21,24)(H,22,23)(H,25,26). The largest absolute Gasteiger partial charge is 0.481 e. The van der Waals surface area contributed by atoms with Gasteiger partial charge in [0.15, 0.2) is 0 Å². The van der Waals surface area contributed by atoms with E-state index in [2.05, 4.69) is 10.6 Å². The zero-order valence-electron chi connectivity index (χ0n) is 14.1. The van der Waals surface area contributed by atoms with E-state index in [1.54, 1.807) is 23.6 Å². The maximum absolute atomic E-state index is 13.7. The number of carbonyl (C=O) groups excluding carboxylic acids is 2. The molecule has 2 amide bonds. The summed E-state index contributed by atoms with van der Waals surface area (Å²) in [7, 11) is 0. The van der Waals surface area contributed by atoms with E-state index in [4.69, 9.17) is 0 Å². The second kappa shape index (κ2) is 8.13. The fourth-order valence-corrected chi connectivity index (χ4v) is 3.71. The quantitative estimate of drug-likeness (QED) is 0.680. The number of thiophene rings is 1. The maximum Gasteiger partial charge on any atom is 0.307 e. The van der Waals surface area contributed by atoms with Crippen molar-refractivity contribution in [2.45, 2.75) is 12.8 Å². The Bertz CT molecular complexity index is 909. The smallest absolute Gasteiger partial charge is 0.307 e. The number of hydrogen-bond donors (Lipinski definition) is 3. The van der Waals surface area contributed by atoms with Gasteiger partial charge in [-0.2, -0.15) is 0 Å². The van der Waals surface area contributed by atoms with Crippen molar-refractivity contribution in [2.24, 2.45) is 11.8 Å². The van der Waals surface area contributed by atoms with E-state index in [0.29, 0.717) is 17.8 Å². The van der Waals surface area contributed by atoms with Gasteiger partial charge in [0.25, 0.3) is 5.91 Å². The minimum absolute atomic E-state index is 0.0364. The number of rotatable bonds is 5. The third-order valence-corrected chi connectivity index (χ3v) is 5.18. The summed E-state index contributed by atoms with van der Waals surface area (Å²) in [6, 6.07) is 7.29. The van der Waals surface area contributed by atoms with Gasteiger partial charge in [-0.1, -0.05) is 24.3 Å². The van der Waals surface area contributed by atoms with Crippen LogP contribution in [0, 0.1) is 17.7 Å². The molecule has 0 bridgehead atoms. The molecule has 8 heteroatoms. The Kier molecular flexibility index (Phi) is 5.66. The molecule has 2 unspecified atom stereocenters. The molecular formula is C19H17FN2O4S. The maximum atomic E-state index is 13.7. The lowest BCUT2D eigenvalue weighted by Gasteiger charge is -2.24. The zero-order chi connectivity index (χ0) is 19.4. The molecule has 0 saturated heterocycles. The van der Waals surface area contributed by atoms with E-state index in [9.17, 15) is 23.9 Å². The van der Waals surface area contributed by atoms with Gasteiger partial charge in [-0.3, -0.25) is 14.4 Å². The molecule has 6 nitrogen and oxygen atoms in total. The molecule has 0 saturated carbocycles. The Hall–Kier alpha value is -3.00. The van der Waals surface area contributed by atoms with Crippen molar-refractivity contribution in [3.63, 3.8) is 0 Å². The Morgan fingerprint density at radius 1 is 1.04 bits per heavy atom. The first-order chi connectivity index (χ1) is 13.0. The molecule has 1 heterocycles. The Labute approximate surface area is 158 Å². The number of halogens is 1. The monoisotopic (exact) mass is 388 g/mol. The van der Waals surface area contributed by atoms with Gasteiger partial charge in [0, 0.05) is 0 Å². The van der Waals surface area contributed by atoms with Crippen molar-refractivity contribution in [3.05, 3.63) is 59.2 Å². The van der Waals surface area contributed by atoms with Gasteiger partial charge < -0.3 is 15.7 Å². The molecule has 1 aliphatic rings. The Morgan fingerprint density at radius 3 is 2.44 bits per heavy atom. The summed E-state index contributed by atoms with van der Waals surface area (Å²) in [5.41, 5.74) is 0.226. The van der Waals surface area contributed by atoms with Gasteiger partial charge in [0.2, 0.25) is 5.91 Å². The van der Waals surface area contributed by atoms with Crippen LogP contribution < -0.4 is 10.6 Å². The number of amides is 2. The van der Waals surface area contributed by atoms with E-state index in [0.717, 1.165) is 11.3 Å². The number of carbonyl (C=O) groups is 3. The topological polar surface area (TPSA) is 95.5 Å². The molecular weight excluding hydrogens is 371 g/mol. The van der Waals surface area contributed by atoms with E-state index in [1.165, 1.54) is 24.3 Å². The summed E-state index contributed by atoms with van der Waals surface area (Å²) in [4.78, 5) is 36.4. The fraction of sp³-hybridized carbons (Fsp3) is 0.211. The first-order valence-electron chi connectivity index (χ1n) is 8.29. The number of hydrogen-bond acceptors (Lipinski definition) is 4. The second-order valence-electron chi connectivity index (χ2n) is 6.08. The summed E-state index contributed by atoms with van der Waals surface area (Å²) in [6.45, 7) is 0. The minimum atomic E-state index is -1.02. The Morgan fingerprint density at radius 2 is 1.74 bits per heavy atom. The summed E-state index contributed by atoms with van der Waals surface area (Å²) in [6.07, 6.45) is 4.15. The van der Waals surface area contributed by atoms with Crippen LogP contribution in [0.3, 0.4) is 0 Å². The van der Waals surface area contributed by atoms with Crippen LogP contribution in [0.2, 0.25) is 0 Å². The number of aliphatic carboxylic acids is 1. The molecule has 1 aromatic carbocycles. The van der Waals surface area contributed by atoms with E-state index in [-0.39, 0.29) is 11.3 Å². The van der Waals surface area contributed by atoms with E-state index < -0.39 is 35.4 Å². The molecule has 0 aliphatic heterocycles. The van der Waals surface area contributed by atoms with Gasteiger partial charge in [-0.25, -0.2) is 4.39 Å². The summed E-state index contributed by atoms with van der Waals surface area (Å²) >= 11 is 1.14. The number of para-hydroxylation sites is 1. The van der Waals surface area contributed by atoms with Gasteiger partial charge in [0.05, 0.1) is 23.1 Å². The minimum Gasteiger partial charge on any atom is -0.481 e. The van der Waals surface area contributed by atoms with Gasteiger partial charge in [0.1, 0.15) is 10.8 Å². The van der Waals surface area contributed by atoms with Crippen LogP contribution in [0.1, 0.15) is 23.2 Å². The first-order valence-corrected chi connectivity index (χ1v) is 9.17. The van der Waals surface area contributed by atoms with Crippen molar-refractivity contribution < 1.29 is 23.9 Å². The lowest BCUT2D eigenvalue weighted by molar-refractivity contribution is -0.146. The van der Waals surface area contributed by atoms with Crippen LogP contribution in [0.4, 0.5) is 15.1 Å². The molecule has 1 aromatic heterocycles. The zero-order valence-corrected chi connectivity index (χ0v) is 15.0. The molecule has 140 valence electrons. The molecule has 2 aromatic rings. The predicted octanol–water partition coefficient (Wildman–Crippen LogP) is 3.75. The van der Waals surface area contributed by atoms with Crippen molar-refractivity contribution >= 4 is 39.8 Å². The SMILES string of the molecule is O=C(Nc1ccccc1F)c1ccsc1NC(=O)C1CC=CCC1C(=O)O.